The van der Waals surface area contributed by atoms with Gasteiger partial charge in [0, 0.05) is 33.5 Å². The van der Waals surface area contributed by atoms with Crippen molar-refractivity contribution in [1.82, 2.24) is 4.57 Å². The first kappa shape index (κ1) is 25.6. The minimum atomic E-state index is -0.389. The number of para-hydroxylation sites is 3. The molecule has 2 heterocycles. The highest BCUT2D eigenvalue weighted by atomic mass is 16.7. The molecule has 0 bridgehead atoms. The Morgan fingerprint density at radius 2 is 1.07 bits per heavy atom. The molecule has 0 atom stereocenters. The quantitative estimate of drug-likeness (QED) is 0.207. The van der Waals surface area contributed by atoms with Crippen molar-refractivity contribution in [2.45, 2.75) is 38.9 Å². The summed E-state index contributed by atoms with van der Waals surface area (Å²) in [5.41, 5.74) is 7.08. The summed E-state index contributed by atoms with van der Waals surface area (Å²) in [5.74, 6) is 0. The van der Waals surface area contributed by atoms with Gasteiger partial charge in [-0.1, -0.05) is 66.7 Å². The topological polar surface area (TPSA) is 26.6 Å². The Morgan fingerprint density at radius 1 is 0.537 bits per heavy atom. The van der Waals surface area contributed by atoms with E-state index in [1.165, 1.54) is 21.8 Å². The lowest BCUT2D eigenvalue weighted by atomic mass is 9.79. The minimum absolute atomic E-state index is 0.374. The van der Waals surface area contributed by atoms with Crippen molar-refractivity contribution in [2.75, 3.05) is 4.90 Å². The summed E-state index contributed by atoms with van der Waals surface area (Å²) >= 11 is 0. The summed E-state index contributed by atoms with van der Waals surface area (Å²) in [6.45, 7) is 8.35. The molecular formula is C36H33BN2O2. The molecule has 7 rings (SSSR count). The van der Waals surface area contributed by atoms with Gasteiger partial charge in [0.15, 0.2) is 0 Å². The second kappa shape index (κ2) is 9.65. The van der Waals surface area contributed by atoms with Crippen LogP contribution in [0, 0.1) is 0 Å². The Balaban J connectivity index is 1.34. The second-order valence-corrected chi connectivity index (χ2v) is 11.7. The van der Waals surface area contributed by atoms with E-state index in [0.717, 1.165) is 28.2 Å². The SMILES string of the molecule is CC1(C)OB(c2ccc(N(c3ccccc3)c3ccc4c(c3)c3ccccc3n4-c3ccccc3)cc2)OC1(C)C. The van der Waals surface area contributed by atoms with Gasteiger partial charge in [-0.2, -0.15) is 0 Å². The van der Waals surface area contributed by atoms with Crippen LogP contribution in [0.5, 0.6) is 0 Å². The van der Waals surface area contributed by atoms with Crippen LogP contribution in [0.3, 0.4) is 0 Å². The van der Waals surface area contributed by atoms with Gasteiger partial charge >= 0.3 is 7.12 Å². The largest absolute Gasteiger partial charge is 0.494 e. The molecule has 1 fully saturated rings. The summed E-state index contributed by atoms with van der Waals surface area (Å²) in [7, 11) is -0.389. The van der Waals surface area contributed by atoms with E-state index in [2.05, 4.69) is 165 Å². The summed E-state index contributed by atoms with van der Waals surface area (Å²) in [4.78, 5) is 2.31. The summed E-state index contributed by atoms with van der Waals surface area (Å²) in [6.07, 6.45) is 0. The lowest BCUT2D eigenvalue weighted by molar-refractivity contribution is 0.00578. The molecule has 0 amide bonds. The van der Waals surface area contributed by atoms with E-state index in [0.29, 0.717) is 0 Å². The van der Waals surface area contributed by atoms with Gasteiger partial charge in [-0.05, 0) is 93.8 Å². The van der Waals surface area contributed by atoms with Crippen LogP contribution >= 0.6 is 0 Å². The zero-order valence-corrected chi connectivity index (χ0v) is 23.9. The van der Waals surface area contributed by atoms with Crippen LogP contribution in [0.4, 0.5) is 17.1 Å². The molecule has 0 radical (unpaired) electrons. The number of hydrogen-bond acceptors (Lipinski definition) is 3. The van der Waals surface area contributed by atoms with Crippen LogP contribution in [0.25, 0.3) is 27.5 Å². The van der Waals surface area contributed by atoms with Crippen molar-refractivity contribution in [3.8, 4) is 5.69 Å². The molecular weight excluding hydrogens is 503 g/mol. The van der Waals surface area contributed by atoms with E-state index in [-0.39, 0.29) is 18.3 Å². The highest BCUT2D eigenvalue weighted by Gasteiger charge is 2.51. The van der Waals surface area contributed by atoms with Gasteiger partial charge in [0.2, 0.25) is 0 Å². The van der Waals surface area contributed by atoms with E-state index in [9.17, 15) is 0 Å². The molecule has 5 aromatic carbocycles. The first-order chi connectivity index (χ1) is 19.8. The lowest BCUT2D eigenvalue weighted by Crippen LogP contribution is -2.41. The maximum Gasteiger partial charge on any atom is 0.494 e. The third-order valence-corrected chi connectivity index (χ3v) is 8.62. The zero-order valence-electron chi connectivity index (χ0n) is 23.9. The average molecular weight is 536 g/mol. The van der Waals surface area contributed by atoms with Crippen LogP contribution < -0.4 is 10.4 Å². The molecule has 1 saturated heterocycles. The van der Waals surface area contributed by atoms with Gasteiger partial charge in [-0.25, -0.2) is 0 Å². The number of hydrogen-bond donors (Lipinski definition) is 0. The summed E-state index contributed by atoms with van der Waals surface area (Å²) in [6, 6.07) is 45.1. The molecule has 0 N–H and O–H groups in total. The number of aromatic nitrogens is 1. The van der Waals surface area contributed by atoms with Gasteiger partial charge in [0.25, 0.3) is 0 Å². The molecule has 5 heteroatoms. The normalized spacial score (nSPS) is 16.0. The van der Waals surface area contributed by atoms with Crippen molar-refractivity contribution < 1.29 is 9.31 Å². The van der Waals surface area contributed by atoms with Crippen molar-refractivity contribution in [3.63, 3.8) is 0 Å². The zero-order chi connectivity index (χ0) is 28.2. The predicted molar refractivity (Wildman–Crippen MR) is 171 cm³/mol. The van der Waals surface area contributed by atoms with Crippen LogP contribution in [-0.4, -0.2) is 22.9 Å². The molecule has 41 heavy (non-hydrogen) atoms. The first-order valence-corrected chi connectivity index (χ1v) is 14.2. The Labute approximate surface area is 241 Å². The van der Waals surface area contributed by atoms with Gasteiger partial charge in [-0.3, -0.25) is 0 Å². The predicted octanol–water partition coefficient (Wildman–Crippen LogP) is 8.55. The van der Waals surface area contributed by atoms with Crippen molar-refractivity contribution in [2.24, 2.45) is 0 Å². The van der Waals surface area contributed by atoms with Gasteiger partial charge in [0.1, 0.15) is 0 Å². The summed E-state index contributed by atoms with van der Waals surface area (Å²) < 4.78 is 15.0. The van der Waals surface area contributed by atoms with Gasteiger partial charge in [-0.15, -0.1) is 0 Å². The monoisotopic (exact) mass is 536 g/mol. The molecule has 0 aliphatic carbocycles. The molecule has 1 aliphatic rings. The van der Waals surface area contributed by atoms with Crippen molar-refractivity contribution in [3.05, 3.63) is 127 Å². The Morgan fingerprint density at radius 3 is 1.76 bits per heavy atom. The fourth-order valence-electron chi connectivity index (χ4n) is 5.74. The third kappa shape index (κ3) is 4.33. The number of anilines is 3. The molecule has 1 aliphatic heterocycles. The van der Waals surface area contributed by atoms with Crippen molar-refractivity contribution in [1.29, 1.82) is 0 Å². The van der Waals surface area contributed by atoms with E-state index in [1.54, 1.807) is 0 Å². The Bertz CT molecular complexity index is 1830. The standard InChI is InChI=1S/C36H33BN2O2/c1-35(2)36(3,4)41-37(40-35)26-19-21-29(22-20-26)38(27-13-7-5-8-14-27)30-23-24-34-32(25-30)31-17-11-12-18-33(31)39(34)28-15-9-6-10-16-28/h5-25H,1-4H3. The smallest absolute Gasteiger partial charge is 0.399 e. The Kier molecular flexibility index (Phi) is 6.04. The maximum atomic E-state index is 6.31. The molecule has 6 aromatic rings. The second-order valence-electron chi connectivity index (χ2n) is 11.7. The molecule has 4 nitrogen and oxygen atoms in total. The van der Waals surface area contributed by atoms with E-state index < -0.39 is 0 Å². The minimum Gasteiger partial charge on any atom is -0.399 e. The molecule has 202 valence electrons. The van der Waals surface area contributed by atoms with Crippen LogP contribution in [0.2, 0.25) is 0 Å². The number of nitrogens with zero attached hydrogens (tertiary/aromatic N) is 2. The molecule has 0 unspecified atom stereocenters. The highest BCUT2D eigenvalue weighted by Crippen LogP contribution is 2.40. The molecule has 1 aromatic heterocycles. The van der Waals surface area contributed by atoms with Gasteiger partial charge in [0.05, 0.1) is 22.2 Å². The summed E-state index contributed by atoms with van der Waals surface area (Å²) in [5, 5.41) is 2.45. The highest BCUT2D eigenvalue weighted by molar-refractivity contribution is 6.62. The van der Waals surface area contributed by atoms with Crippen LogP contribution in [-0.2, 0) is 9.31 Å². The van der Waals surface area contributed by atoms with Crippen LogP contribution in [0.1, 0.15) is 27.7 Å². The maximum absolute atomic E-state index is 6.31. The Hall–Kier alpha value is -4.32. The lowest BCUT2D eigenvalue weighted by Gasteiger charge is -2.32. The number of fused-ring (bicyclic) bond motifs is 3. The molecule has 0 spiro atoms. The first-order valence-electron chi connectivity index (χ1n) is 14.2. The number of rotatable bonds is 5. The number of benzene rings is 5. The third-order valence-electron chi connectivity index (χ3n) is 8.62. The fourth-order valence-corrected chi connectivity index (χ4v) is 5.74. The average Bonchev–Trinajstić information content (AvgIpc) is 3.43. The molecule has 0 saturated carbocycles. The van der Waals surface area contributed by atoms with Crippen LogP contribution in [0.15, 0.2) is 127 Å². The van der Waals surface area contributed by atoms with E-state index in [4.69, 9.17) is 9.31 Å². The van der Waals surface area contributed by atoms with Crippen molar-refractivity contribution >= 4 is 51.4 Å². The van der Waals surface area contributed by atoms with Gasteiger partial charge < -0.3 is 18.8 Å². The fraction of sp³-hybridized carbons (Fsp3) is 0.167. The van der Waals surface area contributed by atoms with E-state index >= 15 is 0 Å². The van der Waals surface area contributed by atoms with E-state index in [1.807, 2.05) is 0 Å².